The lowest BCUT2D eigenvalue weighted by Gasteiger charge is -2.35. The fourth-order valence-corrected chi connectivity index (χ4v) is 4.36. The Morgan fingerprint density at radius 2 is 2.00 bits per heavy atom. The summed E-state index contributed by atoms with van der Waals surface area (Å²) in [6, 6.07) is 7.05. The van der Waals surface area contributed by atoms with Gasteiger partial charge in [0, 0.05) is 44.5 Å². The molecular formula is C21H31N5O4S. The standard InChI is InChI=1S/C21H31N5O4S/c1-5-18-7-6-8-19(15-18)24-20(27)16-23-21(22-4)25-9-11-26(12-10-25)31(28,29)14-13-30-17(2)3/h1,6-8,15,17H,9-14,16H2,2-4H3,(H,22,23)(H,24,27). The van der Waals surface area contributed by atoms with Crippen LogP contribution in [0.5, 0.6) is 0 Å². The lowest BCUT2D eigenvalue weighted by molar-refractivity contribution is -0.115. The highest BCUT2D eigenvalue weighted by molar-refractivity contribution is 7.89. The maximum atomic E-state index is 12.5. The summed E-state index contributed by atoms with van der Waals surface area (Å²) in [4.78, 5) is 18.4. The van der Waals surface area contributed by atoms with Crippen LogP contribution in [0.2, 0.25) is 0 Å². The zero-order valence-corrected chi connectivity index (χ0v) is 19.1. The number of carbonyl (C=O) groups is 1. The Morgan fingerprint density at radius 3 is 2.61 bits per heavy atom. The molecule has 1 aliphatic heterocycles. The van der Waals surface area contributed by atoms with E-state index in [-0.39, 0.29) is 30.9 Å². The summed E-state index contributed by atoms with van der Waals surface area (Å²) in [5, 5.41) is 5.81. The monoisotopic (exact) mass is 449 g/mol. The van der Waals surface area contributed by atoms with Crippen LogP contribution in [0.25, 0.3) is 0 Å². The highest BCUT2D eigenvalue weighted by atomic mass is 32.2. The molecule has 1 amide bonds. The second-order valence-electron chi connectivity index (χ2n) is 7.30. The van der Waals surface area contributed by atoms with Gasteiger partial charge < -0.3 is 20.3 Å². The van der Waals surface area contributed by atoms with Crippen molar-refractivity contribution in [2.24, 2.45) is 4.99 Å². The number of carbonyl (C=O) groups excluding carboxylic acids is 1. The van der Waals surface area contributed by atoms with Crippen LogP contribution < -0.4 is 10.6 Å². The summed E-state index contributed by atoms with van der Waals surface area (Å²) >= 11 is 0. The van der Waals surface area contributed by atoms with Crippen LogP contribution in [-0.4, -0.2) is 87.7 Å². The molecule has 0 spiro atoms. The van der Waals surface area contributed by atoms with Gasteiger partial charge in [-0.15, -0.1) is 6.42 Å². The average molecular weight is 450 g/mol. The Morgan fingerprint density at radius 1 is 1.29 bits per heavy atom. The van der Waals surface area contributed by atoms with Crippen molar-refractivity contribution in [2.45, 2.75) is 20.0 Å². The van der Waals surface area contributed by atoms with E-state index in [9.17, 15) is 13.2 Å². The molecule has 1 saturated heterocycles. The average Bonchev–Trinajstić information content (AvgIpc) is 2.74. The van der Waals surface area contributed by atoms with Crippen LogP contribution in [0.1, 0.15) is 19.4 Å². The smallest absolute Gasteiger partial charge is 0.243 e. The number of terminal acetylenes is 1. The topological polar surface area (TPSA) is 103 Å². The van der Waals surface area contributed by atoms with Crippen molar-refractivity contribution in [1.82, 2.24) is 14.5 Å². The lowest BCUT2D eigenvalue weighted by Crippen LogP contribution is -2.54. The number of benzene rings is 1. The van der Waals surface area contributed by atoms with E-state index in [2.05, 4.69) is 21.5 Å². The first-order valence-corrected chi connectivity index (χ1v) is 11.8. The Labute approximate surface area is 184 Å². The van der Waals surface area contributed by atoms with Crippen LogP contribution in [0.4, 0.5) is 5.69 Å². The fourth-order valence-electron chi connectivity index (χ4n) is 3.08. The molecule has 1 aromatic carbocycles. The summed E-state index contributed by atoms with van der Waals surface area (Å²) in [5.74, 6) is 2.81. The number of hydrogen-bond acceptors (Lipinski definition) is 5. The number of hydrogen-bond donors (Lipinski definition) is 2. The normalized spacial score (nSPS) is 15.6. The van der Waals surface area contributed by atoms with E-state index in [1.54, 1.807) is 31.3 Å². The van der Waals surface area contributed by atoms with E-state index in [1.165, 1.54) is 4.31 Å². The molecular weight excluding hydrogens is 418 g/mol. The highest BCUT2D eigenvalue weighted by Gasteiger charge is 2.28. The van der Waals surface area contributed by atoms with Crippen molar-refractivity contribution in [1.29, 1.82) is 0 Å². The molecule has 0 bridgehead atoms. The van der Waals surface area contributed by atoms with Crippen molar-refractivity contribution in [3.05, 3.63) is 29.8 Å². The van der Waals surface area contributed by atoms with Gasteiger partial charge in [0.2, 0.25) is 15.9 Å². The number of amides is 1. The number of ether oxygens (including phenoxy) is 1. The number of aliphatic imine (C=N–C) groups is 1. The van der Waals surface area contributed by atoms with Gasteiger partial charge in [-0.1, -0.05) is 12.0 Å². The van der Waals surface area contributed by atoms with Gasteiger partial charge >= 0.3 is 0 Å². The minimum Gasteiger partial charge on any atom is -0.378 e. The van der Waals surface area contributed by atoms with Gasteiger partial charge in [-0.2, -0.15) is 4.31 Å². The maximum Gasteiger partial charge on any atom is 0.243 e. The lowest BCUT2D eigenvalue weighted by atomic mass is 10.2. The first-order valence-electron chi connectivity index (χ1n) is 10.2. The Balaban J connectivity index is 1.81. The zero-order chi connectivity index (χ0) is 22.9. The zero-order valence-electron chi connectivity index (χ0n) is 18.3. The quantitative estimate of drug-likeness (QED) is 0.341. The van der Waals surface area contributed by atoms with Gasteiger partial charge in [-0.25, -0.2) is 8.42 Å². The maximum absolute atomic E-state index is 12.5. The van der Waals surface area contributed by atoms with Crippen LogP contribution in [0.15, 0.2) is 29.3 Å². The number of sulfonamides is 1. The predicted octanol–water partition coefficient (Wildman–Crippen LogP) is 0.554. The summed E-state index contributed by atoms with van der Waals surface area (Å²) in [6.07, 6.45) is 5.38. The molecule has 2 rings (SSSR count). The number of guanidine groups is 1. The summed E-state index contributed by atoms with van der Waals surface area (Å²) in [5.41, 5.74) is 1.31. The Hall–Kier alpha value is -2.61. The second kappa shape index (κ2) is 11.7. The molecule has 1 fully saturated rings. The SMILES string of the molecule is C#Cc1cccc(NC(=O)CNC(=NC)N2CCN(S(=O)(=O)CCOC(C)C)CC2)c1. The molecule has 0 aromatic heterocycles. The highest BCUT2D eigenvalue weighted by Crippen LogP contribution is 2.10. The minimum atomic E-state index is -3.36. The first-order chi connectivity index (χ1) is 14.7. The van der Waals surface area contributed by atoms with Crippen LogP contribution >= 0.6 is 0 Å². The van der Waals surface area contributed by atoms with Gasteiger partial charge in [0.25, 0.3) is 0 Å². The van der Waals surface area contributed by atoms with Gasteiger partial charge in [0.15, 0.2) is 5.96 Å². The molecule has 1 heterocycles. The summed E-state index contributed by atoms with van der Waals surface area (Å²) in [7, 11) is -1.73. The summed E-state index contributed by atoms with van der Waals surface area (Å²) in [6.45, 7) is 5.63. The van der Waals surface area contributed by atoms with Gasteiger partial charge in [0.05, 0.1) is 25.0 Å². The van der Waals surface area contributed by atoms with Crippen molar-refractivity contribution < 1.29 is 17.9 Å². The summed E-state index contributed by atoms with van der Waals surface area (Å²) < 4.78 is 31.8. The van der Waals surface area contributed by atoms with Crippen molar-refractivity contribution in [2.75, 3.05) is 57.4 Å². The third kappa shape index (κ3) is 7.86. The van der Waals surface area contributed by atoms with Crippen molar-refractivity contribution in [3.8, 4) is 12.3 Å². The first kappa shape index (κ1) is 24.7. The van der Waals surface area contributed by atoms with E-state index in [0.29, 0.717) is 43.4 Å². The van der Waals surface area contributed by atoms with Gasteiger partial charge in [0.1, 0.15) is 0 Å². The van der Waals surface area contributed by atoms with Gasteiger partial charge in [-0.05, 0) is 32.0 Å². The molecule has 0 radical (unpaired) electrons. The van der Waals surface area contributed by atoms with Crippen molar-refractivity contribution >= 4 is 27.6 Å². The molecule has 1 aliphatic rings. The number of nitrogens with one attached hydrogen (secondary N) is 2. The third-order valence-electron chi connectivity index (χ3n) is 4.66. The number of piperazine rings is 1. The Kier molecular flexibility index (Phi) is 9.30. The van der Waals surface area contributed by atoms with Crippen molar-refractivity contribution in [3.63, 3.8) is 0 Å². The Bertz CT molecular complexity index is 916. The predicted molar refractivity (Wildman–Crippen MR) is 122 cm³/mol. The molecule has 31 heavy (non-hydrogen) atoms. The number of anilines is 1. The second-order valence-corrected chi connectivity index (χ2v) is 9.38. The van der Waals surface area contributed by atoms with E-state index in [0.717, 1.165) is 0 Å². The van der Waals surface area contributed by atoms with Gasteiger partial charge in [-0.3, -0.25) is 9.79 Å². The molecule has 2 N–H and O–H groups in total. The number of rotatable bonds is 8. The van der Waals surface area contributed by atoms with E-state index in [1.807, 2.05) is 18.7 Å². The van der Waals surface area contributed by atoms with Crippen LogP contribution in [0, 0.1) is 12.3 Å². The van der Waals surface area contributed by atoms with Crippen LogP contribution in [-0.2, 0) is 19.6 Å². The fraction of sp³-hybridized carbons (Fsp3) is 0.524. The van der Waals surface area contributed by atoms with E-state index >= 15 is 0 Å². The minimum absolute atomic E-state index is 0.0000781. The van der Waals surface area contributed by atoms with Crippen LogP contribution in [0.3, 0.4) is 0 Å². The van der Waals surface area contributed by atoms with E-state index < -0.39 is 10.0 Å². The largest absolute Gasteiger partial charge is 0.378 e. The molecule has 0 unspecified atom stereocenters. The molecule has 10 heteroatoms. The molecule has 0 atom stereocenters. The molecule has 170 valence electrons. The molecule has 0 saturated carbocycles. The molecule has 1 aromatic rings. The molecule has 9 nitrogen and oxygen atoms in total. The van der Waals surface area contributed by atoms with E-state index in [4.69, 9.17) is 11.2 Å². The molecule has 0 aliphatic carbocycles. The third-order valence-corrected chi connectivity index (χ3v) is 6.49. The number of nitrogens with zero attached hydrogens (tertiary/aromatic N) is 3.